The first-order chi connectivity index (χ1) is 4.72. The smallest absolute Gasteiger partial charge is 0.0101 e. The first-order valence-electron chi connectivity index (χ1n) is 3.91. The molecule has 0 rings (SSSR count). The van der Waals surface area contributed by atoms with Crippen LogP contribution in [0.15, 0.2) is 0 Å². The Balaban J connectivity index is 3.43. The maximum Gasteiger partial charge on any atom is 0.0101 e. The maximum atomic E-state index is 5.82. The standard InChI is InChI=1S/C9H17N/c1-4-6-7-9(10)8(3)5-2/h1,8-9H,5-7,10H2,2-3H3. The molecule has 0 bridgehead atoms. The molecule has 58 valence electrons. The highest BCUT2D eigenvalue weighted by Crippen LogP contribution is 2.09. The highest BCUT2D eigenvalue weighted by Gasteiger charge is 2.08. The zero-order valence-corrected chi connectivity index (χ0v) is 6.93. The maximum absolute atomic E-state index is 5.82. The predicted molar refractivity (Wildman–Crippen MR) is 45.5 cm³/mol. The third kappa shape index (κ3) is 3.53. The molecule has 0 aromatic heterocycles. The van der Waals surface area contributed by atoms with Crippen LogP contribution in [0.1, 0.15) is 33.1 Å². The van der Waals surface area contributed by atoms with Crippen LogP contribution >= 0.6 is 0 Å². The molecule has 0 aromatic carbocycles. The van der Waals surface area contributed by atoms with Gasteiger partial charge in [0.1, 0.15) is 0 Å². The fourth-order valence-corrected chi connectivity index (χ4v) is 0.837. The van der Waals surface area contributed by atoms with E-state index in [2.05, 4.69) is 19.8 Å². The summed E-state index contributed by atoms with van der Waals surface area (Å²) in [6.45, 7) is 4.32. The first-order valence-corrected chi connectivity index (χ1v) is 3.91. The summed E-state index contributed by atoms with van der Waals surface area (Å²) in [5.74, 6) is 3.20. The summed E-state index contributed by atoms with van der Waals surface area (Å²) in [6.07, 6.45) is 8.03. The van der Waals surface area contributed by atoms with Crippen molar-refractivity contribution < 1.29 is 0 Å². The van der Waals surface area contributed by atoms with E-state index < -0.39 is 0 Å². The minimum absolute atomic E-state index is 0.293. The van der Waals surface area contributed by atoms with E-state index >= 15 is 0 Å². The minimum atomic E-state index is 0.293. The van der Waals surface area contributed by atoms with Gasteiger partial charge >= 0.3 is 0 Å². The summed E-state index contributed by atoms with van der Waals surface area (Å²) in [5, 5.41) is 0. The van der Waals surface area contributed by atoms with E-state index in [1.54, 1.807) is 0 Å². The summed E-state index contributed by atoms with van der Waals surface area (Å²) in [4.78, 5) is 0. The van der Waals surface area contributed by atoms with E-state index in [-0.39, 0.29) is 0 Å². The van der Waals surface area contributed by atoms with Crippen molar-refractivity contribution in [2.24, 2.45) is 11.7 Å². The number of nitrogens with two attached hydrogens (primary N) is 1. The van der Waals surface area contributed by atoms with Crippen molar-refractivity contribution in [2.75, 3.05) is 0 Å². The average Bonchev–Trinajstić information content (AvgIpc) is 1.98. The van der Waals surface area contributed by atoms with Crippen molar-refractivity contribution in [1.82, 2.24) is 0 Å². The van der Waals surface area contributed by atoms with Crippen molar-refractivity contribution in [3.8, 4) is 12.3 Å². The van der Waals surface area contributed by atoms with Gasteiger partial charge in [-0.05, 0) is 12.3 Å². The summed E-state index contributed by atoms with van der Waals surface area (Å²) in [7, 11) is 0. The van der Waals surface area contributed by atoms with Crippen molar-refractivity contribution in [3.05, 3.63) is 0 Å². The van der Waals surface area contributed by atoms with Gasteiger partial charge in [0, 0.05) is 12.5 Å². The molecule has 0 aromatic rings. The third-order valence-corrected chi connectivity index (χ3v) is 2.00. The zero-order valence-electron chi connectivity index (χ0n) is 6.93. The lowest BCUT2D eigenvalue weighted by molar-refractivity contribution is 0.424. The Morgan fingerprint density at radius 2 is 2.20 bits per heavy atom. The molecule has 0 aliphatic rings. The van der Waals surface area contributed by atoms with Crippen molar-refractivity contribution in [1.29, 1.82) is 0 Å². The molecule has 0 aliphatic heterocycles. The monoisotopic (exact) mass is 139 g/mol. The second-order valence-electron chi connectivity index (χ2n) is 2.79. The molecule has 0 saturated heterocycles. The van der Waals surface area contributed by atoms with Crippen LogP contribution < -0.4 is 5.73 Å². The molecule has 2 N–H and O–H groups in total. The minimum Gasteiger partial charge on any atom is -0.327 e. The third-order valence-electron chi connectivity index (χ3n) is 2.00. The molecule has 2 unspecified atom stereocenters. The normalized spacial score (nSPS) is 15.8. The average molecular weight is 139 g/mol. The first kappa shape index (κ1) is 9.52. The molecule has 0 fully saturated rings. The second kappa shape index (κ2) is 5.32. The van der Waals surface area contributed by atoms with E-state index in [9.17, 15) is 0 Å². The van der Waals surface area contributed by atoms with Gasteiger partial charge in [-0.1, -0.05) is 20.3 Å². The van der Waals surface area contributed by atoms with Crippen LogP contribution in [0.5, 0.6) is 0 Å². The molecular formula is C9H17N. The molecule has 0 saturated carbocycles. The molecule has 10 heavy (non-hydrogen) atoms. The van der Waals surface area contributed by atoms with Crippen LogP contribution in [-0.2, 0) is 0 Å². The SMILES string of the molecule is C#CCCC(N)C(C)CC. The Hall–Kier alpha value is -0.480. The Bertz CT molecular complexity index is 112. The van der Waals surface area contributed by atoms with E-state index in [4.69, 9.17) is 12.2 Å². The molecule has 1 nitrogen and oxygen atoms in total. The number of rotatable bonds is 4. The molecule has 0 radical (unpaired) electrons. The van der Waals surface area contributed by atoms with Gasteiger partial charge in [-0.3, -0.25) is 0 Å². The van der Waals surface area contributed by atoms with Gasteiger partial charge in [0.15, 0.2) is 0 Å². The van der Waals surface area contributed by atoms with Gasteiger partial charge in [0.2, 0.25) is 0 Å². The van der Waals surface area contributed by atoms with Crippen LogP contribution in [0.3, 0.4) is 0 Å². The van der Waals surface area contributed by atoms with Crippen molar-refractivity contribution in [2.45, 2.75) is 39.2 Å². The van der Waals surface area contributed by atoms with Crippen LogP contribution in [-0.4, -0.2) is 6.04 Å². The lowest BCUT2D eigenvalue weighted by atomic mass is 9.96. The van der Waals surface area contributed by atoms with Gasteiger partial charge in [-0.2, -0.15) is 0 Å². The lowest BCUT2D eigenvalue weighted by Gasteiger charge is -2.16. The van der Waals surface area contributed by atoms with Gasteiger partial charge in [-0.25, -0.2) is 0 Å². The number of hydrogen-bond donors (Lipinski definition) is 1. The van der Waals surface area contributed by atoms with Gasteiger partial charge < -0.3 is 5.73 Å². The summed E-state index contributed by atoms with van der Waals surface area (Å²) in [6, 6.07) is 0.293. The molecule has 0 amide bonds. The van der Waals surface area contributed by atoms with Crippen molar-refractivity contribution >= 4 is 0 Å². The summed E-state index contributed by atoms with van der Waals surface area (Å²) < 4.78 is 0. The second-order valence-corrected chi connectivity index (χ2v) is 2.79. The van der Waals surface area contributed by atoms with Crippen LogP contribution in [0.4, 0.5) is 0 Å². The fraction of sp³-hybridized carbons (Fsp3) is 0.778. The van der Waals surface area contributed by atoms with Gasteiger partial charge in [0.25, 0.3) is 0 Å². The molecule has 1 heteroatoms. The van der Waals surface area contributed by atoms with E-state index in [0.717, 1.165) is 19.3 Å². The largest absolute Gasteiger partial charge is 0.327 e. The van der Waals surface area contributed by atoms with Crippen LogP contribution in [0.25, 0.3) is 0 Å². The van der Waals surface area contributed by atoms with Crippen LogP contribution in [0.2, 0.25) is 0 Å². The molecular weight excluding hydrogens is 122 g/mol. The van der Waals surface area contributed by atoms with E-state index in [1.165, 1.54) is 0 Å². The molecule has 0 heterocycles. The Morgan fingerprint density at radius 1 is 1.60 bits per heavy atom. The zero-order chi connectivity index (χ0) is 7.98. The molecule has 0 aliphatic carbocycles. The Morgan fingerprint density at radius 3 is 2.60 bits per heavy atom. The van der Waals surface area contributed by atoms with E-state index in [0.29, 0.717) is 12.0 Å². The fourth-order valence-electron chi connectivity index (χ4n) is 0.837. The predicted octanol–water partition coefficient (Wildman–Crippen LogP) is 1.77. The molecule has 0 spiro atoms. The molecule has 2 atom stereocenters. The summed E-state index contributed by atoms with van der Waals surface area (Å²) >= 11 is 0. The summed E-state index contributed by atoms with van der Waals surface area (Å²) in [5.41, 5.74) is 5.82. The number of terminal acetylenes is 1. The van der Waals surface area contributed by atoms with Crippen molar-refractivity contribution in [3.63, 3.8) is 0 Å². The van der Waals surface area contributed by atoms with E-state index in [1.807, 2.05) is 0 Å². The van der Waals surface area contributed by atoms with Gasteiger partial charge in [-0.15, -0.1) is 12.3 Å². The van der Waals surface area contributed by atoms with Crippen LogP contribution in [0, 0.1) is 18.3 Å². The Labute approximate surface area is 64.0 Å². The number of hydrogen-bond acceptors (Lipinski definition) is 1. The highest BCUT2D eigenvalue weighted by atomic mass is 14.6. The topological polar surface area (TPSA) is 26.0 Å². The highest BCUT2D eigenvalue weighted by molar-refractivity contribution is 4.85. The quantitative estimate of drug-likeness (QED) is 0.590. The lowest BCUT2D eigenvalue weighted by Crippen LogP contribution is -2.27. The van der Waals surface area contributed by atoms with Gasteiger partial charge in [0.05, 0.1) is 0 Å². The Kier molecular flexibility index (Phi) is 5.06.